The lowest BCUT2D eigenvalue weighted by molar-refractivity contribution is 0.0199. The van der Waals surface area contributed by atoms with Gasteiger partial charge in [0.05, 0.1) is 6.61 Å². The van der Waals surface area contributed by atoms with Crippen molar-refractivity contribution in [2.24, 2.45) is 0 Å². The zero-order chi connectivity index (χ0) is 23.8. The van der Waals surface area contributed by atoms with E-state index in [0.717, 1.165) is 42.7 Å². The first-order valence-corrected chi connectivity index (χ1v) is 12.4. The predicted molar refractivity (Wildman–Crippen MR) is 128 cm³/mol. The van der Waals surface area contributed by atoms with Crippen LogP contribution in [-0.2, 0) is 4.74 Å². The van der Waals surface area contributed by atoms with Crippen LogP contribution in [0.1, 0.15) is 96.6 Å². The zero-order valence-electron chi connectivity index (χ0n) is 20.9. The predicted octanol–water partition coefficient (Wildman–Crippen LogP) is 6.86. The highest BCUT2D eigenvalue weighted by Crippen LogP contribution is 2.34. The second kappa shape index (κ2) is 11.5. The van der Waals surface area contributed by atoms with E-state index in [1.165, 1.54) is 32.1 Å². The Hall–Kier alpha value is -2.57. The third-order valence-corrected chi connectivity index (χ3v) is 5.80. The van der Waals surface area contributed by atoms with Crippen molar-refractivity contribution in [2.75, 3.05) is 13.2 Å². The van der Waals surface area contributed by atoms with Crippen molar-refractivity contribution >= 4 is 6.09 Å². The highest BCUT2D eigenvalue weighted by atomic mass is 16.6. The van der Waals surface area contributed by atoms with Crippen molar-refractivity contribution < 1.29 is 18.8 Å². The van der Waals surface area contributed by atoms with Gasteiger partial charge in [-0.05, 0) is 70.7 Å². The molecule has 1 saturated heterocycles. The number of hydrogen-bond donors (Lipinski definition) is 0. The summed E-state index contributed by atoms with van der Waals surface area (Å²) in [5.41, 5.74) is 1.37. The molecule has 0 saturated carbocycles. The number of ether oxygens (including phenoxy) is 2. The Morgan fingerprint density at radius 3 is 2.67 bits per heavy atom. The van der Waals surface area contributed by atoms with Gasteiger partial charge in [-0.3, -0.25) is 4.90 Å². The van der Waals surface area contributed by atoms with Crippen LogP contribution < -0.4 is 4.74 Å². The lowest BCUT2D eigenvalue weighted by atomic mass is 10.1. The molecule has 2 aromatic rings. The molecule has 1 aromatic heterocycles. The van der Waals surface area contributed by atoms with Gasteiger partial charge in [-0.2, -0.15) is 4.98 Å². The van der Waals surface area contributed by atoms with Gasteiger partial charge in [0.1, 0.15) is 17.4 Å². The molecule has 1 aliphatic rings. The Bertz CT molecular complexity index is 903. The lowest BCUT2D eigenvalue weighted by Gasteiger charge is -2.26. The van der Waals surface area contributed by atoms with Crippen LogP contribution >= 0.6 is 0 Å². The number of nitrogens with zero attached hydrogens (tertiary/aromatic N) is 3. The molecule has 1 aromatic carbocycles. The van der Waals surface area contributed by atoms with Gasteiger partial charge in [0.2, 0.25) is 11.7 Å². The van der Waals surface area contributed by atoms with Crippen LogP contribution in [-0.4, -0.2) is 39.9 Å². The molecule has 3 rings (SSSR count). The summed E-state index contributed by atoms with van der Waals surface area (Å²) < 4.78 is 17.1. The molecule has 0 spiro atoms. The Morgan fingerprint density at radius 2 is 1.94 bits per heavy atom. The molecule has 0 radical (unpaired) electrons. The van der Waals surface area contributed by atoms with Crippen molar-refractivity contribution in [3.8, 4) is 17.1 Å². The van der Waals surface area contributed by atoms with Crippen LogP contribution in [0, 0.1) is 6.92 Å². The molecule has 0 bridgehead atoms. The van der Waals surface area contributed by atoms with E-state index in [1.54, 1.807) is 4.90 Å². The summed E-state index contributed by atoms with van der Waals surface area (Å²) in [5, 5.41) is 4.18. The van der Waals surface area contributed by atoms with Crippen LogP contribution in [0.2, 0.25) is 0 Å². The first kappa shape index (κ1) is 25.1. The number of aryl methyl sites for hydroxylation is 1. The number of carbonyl (C=O) groups excluding carboxylic acids is 1. The average molecular weight is 458 g/mol. The molecule has 1 aliphatic heterocycles. The average Bonchev–Trinajstić information content (AvgIpc) is 3.42. The lowest BCUT2D eigenvalue weighted by Crippen LogP contribution is -2.36. The van der Waals surface area contributed by atoms with Crippen LogP contribution in [0.5, 0.6) is 5.75 Å². The number of benzene rings is 1. The Kier molecular flexibility index (Phi) is 8.75. The van der Waals surface area contributed by atoms with Gasteiger partial charge in [0, 0.05) is 12.1 Å². The molecule has 182 valence electrons. The maximum atomic E-state index is 12.6. The molecule has 0 aliphatic carbocycles. The molecule has 7 nitrogen and oxygen atoms in total. The van der Waals surface area contributed by atoms with Crippen molar-refractivity contribution in [1.29, 1.82) is 0 Å². The number of unbranched alkanes of at least 4 members (excludes halogenated alkanes) is 5. The highest BCUT2D eigenvalue weighted by molar-refractivity contribution is 5.69. The number of rotatable bonds is 10. The summed E-state index contributed by atoms with van der Waals surface area (Å²) in [6.07, 6.45) is 8.79. The molecule has 1 fully saturated rings. The fourth-order valence-electron chi connectivity index (χ4n) is 4.07. The highest BCUT2D eigenvalue weighted by Gasteiger charge is 2.36. The molecule has 0 N–H and O–H groups in total. The second-order valence-electron chi connectivity index (χ2n) is 9.88. The van der Waals surface area contributed by atoms with Crippen molar-refractivity contribution in [3.05, 3.63) is 29.7 Å². The van der Waals surface area contributed by atoms with E-state index in [-0.39, 0.29) is 12.1 Å². The molecular weight excluding hydrogens is 418 g/mol. The van der Waals surface area contributed by atoms with Crippen molar-refractivity contribution in [3.63, 3.8) is 0 Å². The molecule has 33 heavy (non-hydrogen) atoms. The smallest absolute Gasteiger partial charge is 0.410 e. The second-order valence-corrected chi connectivity index (χ2v) is 9.88. The number of likely N-dealkylation sites (tertiary alicyclic amines) is 1. The van der Waals surface area contributed by atoms with E-state index in [2.05, 4.69) is 17.1 Å². The maximum absolute atomic E-state index is 12.6. The summed E-state index contributed by atoms with van der Waals surface area (Å²) in [7, 11) is 0. The Morgan fingerprint density at radius 1 is 1.18 bits per heavy atom. The van der Waals surface area contributed by atoms with Gasteiger partial charge >= 0.3 is 6.09 Å². The minimum absolute atomic E-state index is 0.248. The van der Waals surface area contributed by atoms with Crippen LogP contribution in [0.4, 0.5) is 4.79 Å². The Labute approximate surface area is 197 Å². The van der Waals surface area contributed by atoms with Gasteiger partial charge in [0.25, 0.3) is 0 Å². The fraction of sp³-hybridized carbons (Fsp3) is 0.654. The number of carbonyl (C=O) groups is 1. The molecule has 7 heteroatoms. The molecule has 2 heterocycles. The van der Waals surface area contributed by atoms with Gasteiger partial charge in [-0.1, -0.05) is 44.2 Å². The summed E-state index contributed by atoms with van der Waals surface area (Å²) >= 11 is 0. The normalized spacial score (nSPS) is 16.3. The van der Waals surface area contributed by atoms with Crippen molar-refractivity contribution in [2.45, 2.75) is 97.6 Å². The molecule has 1 unspecified atom stereocenters. The third-order valence-electron chi connectivity index (χ3n) is 5.80. The first-order valence-electron chi connectivity index (χ1n) is 12.4. The van der Waals surface area contributed by atoms with E-state index in [0.29, 0.717) is 18.3 Å². The van der Waals surface area contributed by atoms with Crippen LogP contribution in [0.3, 0.4) is 0 Å². The zero-order valence-corrected chi connectivity index (χ0v) is 20.9. The minimum Gasteiger partial charge on any atom is -0.493 e. The van der Waals surface area contributed by atoms with E-state index in [9.17, 15) is 4.79 Å². The van der Waals surface area contributed by atoms with E-state index in [4.69, 9.17) is 14.0 Å². The van der Waals surface area contributed by atoms with Crippen LogP contribution in [0.25, 0.3) is 11.4 Å². The quantitative estimate of drug-likeness (QED) is 0.363. The summed E-state index contributed by atoms with van der Waals surface area (Å²) in [6.45, 7) is 11.2. The Balaban J connectivity index is 1.58. The van der Waals surface area contributed by atoms with E-state index in [1.807, 2.05) is 45.9 Å². The van der Waals surface area contributed by atoms with Crippen LogP contribution in [0.15, 0.2) is 22.7 Å². The standard InChI is InChI=1S/C26H39N3O4/c1-6-7-8-9-10-11-17-31-22-15-14-20(18-19(22)2)23-27-24(33-28-23)21-13-12-16-29(21)25(30)32-26(3,4)5/h14-15,18,21H,6-13,16-17H2,1-5H3. The van der Waals surface area contributed by atoms with Gasteiger partial charge in [-0.15, -0.1) is 0 Å². The largest absolute Gasteiger partial charge is 0.493 e. The van der Waals surface area contributed by atoms with E-state index < -0.39 is 5.60 Å². The number of hydrogen-bond acceptors (Lipinski definition) is 6. The SMILES string of the molecule is CCCCCCCCOc1ccc(-c2noc(C3CCCN3C(=O)OC(C)(C)C)n2)cc1C. The van der Waals surface area contributed by atoms with Gasteiger partial charge < -0.3 is 14.0 Å². The van der Waals surface area contributed by atoms with Gasteiger partial charge in [0.15, 0.2) is 0 Å². The molecular formula is C26H39N3O4. The number of amides is 1. The third kappa shape index (κ3) is 7.21. The summed E-state index contributed by atoms with van der Waals surface area (Å²) in [5.74, 6) is 1.86. The maximum Gasteiger partial charge on any atom is 0.410 e. The van der Waals surface area contributed by atoms with Crippen molar-refractivity contribution in [1.82, 2.24) is 15.0 Å². The summed E-state index contributed by atoms with van der Waals surface area (Å²) in [4.78, 5) is 18.9. The molecule has 1 amide bonds. The monoisotopic (exact) mass is 457 g/mol. The number of aromatic nitrogens is 2. The molecule has 1 atom stereocenters. The van der Waals surface area contributed by atoms with E-state index >= 15 is 0 Å². The topological polar surface area (TPSA) is 77.7 Å². The first-order chi connectivity index (χ1) is 15.8. The minimum atomic E-state index is -0.541. The van der Waals surface area contributed by atoms with Gasteiger partial charge in [-0.25, -0.2) is 4.79 Å². The summed E-state index contributed by atoms with van der Waals surface area (Å²) in [6, 6.07) is 5.70. The fourth-order valence-corrected chi connectivity index (χ4v) is 4.07.